The van der Waals surface area contributed by atoms with E-state index in [0.29, 0.717) is 11.1 Å². The van der Waals surface area contributed by atoms with Crippen LogP contribution in [0.25, 0.3) is 0 Å². The van der Waals surface area contributed by atoms with Gasteiger partial charge in [0.25, 0.3) is 0 Å². The van der Waals surface area contributed by atoms with E-state index in [1.807, 2.05) is 18.2 Å². The van der Waals surface area contributed by atoms with Crippen molar-refractivity contribution < 1.29 is 28.0 Å². The van der Waals surface area contributed by atoms with Crippen molar-refractivity contribution in [3.8, 4) is 0 Å². The van der Waals surface area contributed by atoms with Crippen LogP contribution in [0, 0.1) is 23.0 Å². The van der Waals surface area contributed by atoms with Crippen LogP contribution in [0.4, 0.5) is 20.2 Å². The summed E-state index contributed by atoms with van der Waals surface area (Å²) in [6.45, 7) is 0. The van der Waals surface area contributed by atoms with Crippen LogP contribution < -0.4 is 9.80 Å². The topological polar surface area (TPSA) is 74.8 Å². The Bertz CT molecular complexity index is 1740. The summed E-state index contributed by atoms with van der Waals surface area (Å²) in [7, 11) is 0. The summed E-state index contributed by atoms with van der Waals surface area (Å²) in [6.07, 6.45) is 0.0204. The number of hydrogen-bond acceptors (Lipinski definition) is 4. The summed E-state index contributed by atoms with van der Waals surface area (Å²) in [6, 6.07) is 26.1. The SMILES string of the molecule is O=C1[C@@H]2c3ccccc3[C@@H]3C(=O)N(c4ccc(F)cc4)C(=O)[C@@]3(Cc3ccccc3)[C@H]2C(=O)N1c1ccc(F)cc1. The van der Waals surface area contributed by atoms with Crippen LogP contribution in [0.1, 0.15) is 28.5 Å². The average molecular weight is 549 g/mol. The summed E-state index contributed by atoms with van der Waals surface area (Å²) in [5.74, 6) is -6.67. The number of imide groups is 2. The molecule has 8 heteroatoms. The summed E-state index contributed by atoms with van der Waals surface area (Å²) < 4.78 is 27.6. The standard InChI is InChI=1S/C33H22F2N2O4/c34-20-10-14-22(15-11-20)36-29(38)26-24-8-4-5-9-25(24)27-30(39)37(23-16-12-21(35)13-17-23)32(41)33(27,28(26)31(36)40)18-19-6-2-1-3-7-19/h1-17,26-28H,18H2/t26-,27-,28-,33-/m1/s1. The van der Waals surface area contributed by atoms with Crippen molar-refractivity contribution in [3.63, 3.8) is 0 Å². The number of fused-ring (bicyclic) bond motifs is 6. The van der Waals surface area contributed by atoms with Crippen LogP contribution in [-0.2, 0) is 25.6 Å². The first-order chi connectivity index (χ1) is 19.8. The molecule has 4 atom stereocenters. The van der Waals surface area contributed by atoms with Crippen LogP contribution in [-0.4, -0.2) is 23.6 Å². The molecule has 4 aromatic rings. The van der Waals surface area contributed by atoms with E-state index < -0.39 is 58.4 Å². The Morgan fingerprint density at radius 2 is 1.12 bits per heavy atom. The summed E-state index contributed by atoms with van der Waals surface area (Å²) in [5, 5.41) is 0. The molecule has 41 heavy (non-hydrogen) atoms. The van der Waals surface area contributed by atoms with E-state index in [4.69, 9.17) is 0 Å². The van der Waals surface area contributed by atoms with Gasteiger partial charge in [0.1, 0.15) is 11.6 Å². The zero-order chi connectivity index (χ0) is 28.5. The molecule has 0 saturated carbocycles. The van der Waals surface area contributed by atoms with E-state index >= 15 is 0 Å². The average Bonchev–Trinajstić information content (AvgIpc) is 3.37. The minimum atomic E-state index is -1.65. The quantitative estimate of drug-likeness (QED) is 0.331. The van der Waals surface area contributed by atoms with Crippen molar-refractivity contribution in [2.45, 2.75) is 18.3 Å². The monoisotopic (exact) mass is 548 g/mol. The Morgan fingerprint density at radius 1 is 0.585 bits per heavy atom. The lowest BCUT2D eigenvalue weighted by Gasteiger charge is -2.43. The third-order valence-electron chi connectivity index (χ3n) is 8.60. The van der Waals surface area contributed by atoms with Gasteiger partial charge in [0, 0.05) is 0 Å². The van der Waals surface area contributed by atoms with Gasteiger partial charge in [-0.1, -0.05) is 54.6 Å². The van der Waals surface area contributed by atoms with E-state index in [0.717, 1.165) is 27.5 Å². The Balaban J connectivity index is 1.49. The van der Waals surface area contributed by atoms with Crippen molar-refractivity contribution in [3.05, 3.63) is 131 Å². The molecule has 0 aromatic heterocycles. The molecule has 7 rings (SSSR count). The maximum Gasteiger partial charge on any atom is 0.242 e. The first-order valence-electron chi connectivity index (χ1n) is 13.2. The number of anilines is 2. The van der Waals surface area contributed by atoms with Gasteiger partial charge < -0.3 is 0 Å². The fraction of sp³-hybridized carbons (Fsp3) is 0.152. The minimum Gasteiger partial charge on any atom is -0.274 e. The van der Waals surface area contributed by atoms with Crippen LogP contribution in [0.3, 0.4) is 0 Å². The molecule has 2 fully saturated rings. The van der Waals surface area contributed by atoms with Crippen molar-refractivity contribution in [1.82, 2.24) is 0 Å². The normalized spacial score (nSPS) is 24.9. The van der Waals surface area contributed by atoms with Gasteiger partial charge in [-0.3, -0.25) is 19.2 Å². The predicted molar refractivity (Wildman–Crippen MR) is 146 cm³/mol. The van der Waals surface area contributed by atoms with Crippen LogP contribution >= 0.6 is 0 Å². The second kappa shape index (κ2) is 9.02. The highest BCUT2D eigenvalue weighted by atomic mass is 19.1. The van der Waals surface area contributed by atoms with Crippen LogP contribution in [0.2, 0.25) is 0 Å². The number of benzene rings is 4. The molecule has 0 unspecified atom stereocenters. The first-order valence-corrected chi connectivity index (χ1v) is 13.2. The predicted octanol–water partition coefficient (Wildman–Crippen LogP) is 5.14. The zero-order valence-corrected chi connectivity index (χ0v) is 21.5. The molecule has 0 bridgehead atoms. The highest BCUT2D eigenvalue weighted by Gasteiger charge is 2.73. The van der Waals surface area contributed by atoms with Gasteiger partial charge in [-0.15, -0.1) is 0 Å². The Hall–Kier alpha value is -4.98. The van der Waals surface area contributed by atoms with Crippen molar-refractivity contribution in [2.75, 3.05) is 9.80 Å². The number of amides is 4. The lowest BCUT2D eigenvalue weighted by atomic mass is 9.54. The summed E-state index contributed by atoms with van der Waals surface area (Å²) >= 11 is 0. The third-order valence-corrected chi connectivity index (χ3v) is 8.60. The number of carbonyl (C=O) groups excluding carboxylic acids is 4. The lowest BCUT2D eigenvalue weighted by molar-refractivity contribution is -0.138. The number of halogens is 2. The zero-order valence-electron chi connectivity index (χ0n) is 21.5. The van der Waals surface area contributed by atoms with Gasteiger partial charge >= 0.3 is 0 Å². The highest BCUT2D eigenvalue weighted by molar-refractivity contribution is 6.31. The maximum absolute atomic E-state index is 14.7. The number of rotatable bonds is 4. The molecular formula is C33H22F2N2O4. The molecule has 0 radical (unpaired) electrons. The van der Waals surface area contributed by atoms with E-state index in [1.165, 1.54) is 36.4 Å². The van der Waals surface area contributed by atoms with Crippen molar-refractivity contribution in [2.24, 2.45) is 11.3 Å². The molecule has 2 aliphatic heterocycles. The number of nitrogens with zero attached hydrogens (tertiary/aromatic N) is 2. The van der Waals surface area contributed by atoms with Crippen LogP contribution in [0.15, 0.2) is 103 Å². The van der Waals surface area contributed by atoms with Crippen molar-refractivity contribution >= 4 is 35.0 Å². The Kier molecular flexibility index (Phi) is 5.51. The molecule has 4 amide bonds. The molecule has 202 valence electrons. The molecule has 6 nitrogen and oxygen atoms in total. The van der Waals surface area contributed by atoms with E-state index in [2.05, 4.69) is 0 Å². The van der Waals surface area contributed by atoms with E-state index in [-0.39, 0.29) is 17.8 Å². The Morgan fingerprint density at radius 3 is 1.73 bits per heavy atom. The molecule has 3 aliphatic rings. The van der Waals surface area contributed by atoms with Gasteiger partial charge in [-0.2, -0.15) is 0 Å². The molecule has 4 aromatic carbocycles. The second-order valence-corrected chi connectivity index (χ2v) is 10.7. The van der Waals surface area contributed by atoms with E-state index in [9.17, 15) is 28.0 Å². The molecular weight excluding hydrogens is 526 g/mol. The van der Waals surface area contributed by atoms with Gasteiger partial charge in [-0.25, -0.2) is 18.6 Å². The largest absolute Gasteiger partial charge is 0.274 e. The fourth-order valence-corrected chi connectivity index (χ4v) is 6.96. The summed E-state index contributed by atoms with van der Waals surface area (Å²) in [5.41, 5.74) is 0.466. The molecule has 2 saturated heterocycles. The smallest absolute Gasteiger partial charge is 0.242 e. The molecule has 2 heterocycles. The fourth-order valence-electron chi connectivity index (χ4n) is 6.96. The van der Waals surface area contributed by atoms with Crippen LogP contribution in [0.5, 0.6) is 0 Å². The second-order valence-electron chi connectivity index (χ2n) is 10.7. The summed E-state index contributed by atoms with van der Waals surface area (Å²) in [4.78, 5) is 59.6. The molecule has 1 aliphatic carbocycles. The first kappa shape index (κ1) is 25.0. The van der Waals surface area contributed by atoms with Gasteiger partial charge in [0.2, 0.25) is 23.6 Å². The highest BCUT2D eigenvalue weighted by Crippen LogP contribution is 2.63. The minimum absolute atomic E-state index is 0.0204. The number of carbonyl (C=O) groups is 4. The van der Waals surface area contributed by atoms with Gasteiger partial charge in [0.05, 0.1) is 34.5 Å². The maximum atomic E-state index is 14.7. The Labute approximate surface area is 233 Å². The molecule has 0 spiro atoms. The van der Waals surface area contributed by atoms with E-state index in [1.54, 1.807) is 36.4 Å². The lowest BCUT2D eigenvalue weighted by Crippen LogP contribution is -2.51. The van der Waals surface area contributed by atoms with Gasteiger partial charge in [-0.05, 0) is 71.6 Å². The molecule has 0 N–H and O–H groups in total. The number of hydrogen-bond donors (Lipinski definition) is 0. The van der Waals surface area contributed by atoms with Gasteiger partial charge in [0.15, 0.2) is 0 Å². The van der Waals surface area contributed by atoms with Crippen molar-refractivity contribution in [1.29, 1.82) is 0 Å². The third kappa shape index (κ3) is 3.46.